The second-order valence-electron chi connectivity index (χ2n) is 5.75. The number of amides is 2. The minimum Gasteiger partial charge on any atom is -0.338 e. The summed E-state index contributed by atoms with van der Waals surface area (Å²) in [5, 5.41) is 7.66. The quantitative estimate of drug-likeness (QED) is 0.833. The van der Waals surface area contributed by atoms with Gasteiger partial charge in [-0.15, -0.1) is 11.3 Å². The molecule has 2 atom stereocenters. The molecule has 1 aromatic rings. The summed E-state index contributed by atoms with van der Waals surface area (Å²) in [6.45, 7) is 3.15. The molecule has 1 saturated heterocycles. The first-order valence-electron chi connectivity index (χ1n) is 7.19. The number of carbonyl (C=O) groups excluding carboxylic acids is 1. The van der Waals surface area contributed by atoms with Gasteiger partial charge in [-0.25, -0.2) is 13.2 Å². The summed E-state index contributed by atoms with van der Waals surface area (Å²) in [5.41, 5.74) is 0. The van der Waals surface area contributed by atoms with Crippen LogP contribution in [-0.2, 0) is 16.3 Å². The minimum atomic E-state index is -2.87. The van der Waals surface area contributed by atoms with Crippen LogP contribution in [0.2, 0.25) is 0 Å². The number of urea groups is 1. The topological polar surface area (TPSA) is 75.3 Å². The van der Waals surface area contributed by atoms with Crippen LogP contribution in [0.25, 0.3) is 0 Å². The van der Waals surface area contributed by atoms with Crippen molar-refractivity contribution < 1.29 is 13.2 Å². The van der Waals surface area contributed by atoms with Gasteiger partial charge in [0.2, 0.25) is 0 Å². The highest BCUT2D eigenvalue weighted by Gasteiger charge is 2.27. The molecule has 2 rings (SSSR count). The van der Waals surface area contributed by atoms with E-state index >= 15 is 0 Å². The summed E-state index contributed by atoms with van der Waals surface area (Å²) in [6.07, 6.45) is 1.61. The Balaban J connectivity index is 1.61. The first kappa shape index (κ1) is 16.3. The summed E-state index contributed by atoms with van der Waals surface area (Å²) in [5.74, 6) is 0.881. The Labute approximate surface area is 130 Å². The van der Waals surface area contributed by atoms with E-state index in [0.29, 0.717) is 25.4 Å². The molecule has 5 nitrogen and oxygen atoms in total. The van der Waals surface area contributed by atoms with Crippen molar-refractivity contribution in [3.8, 4) is 0 Å². The predicted molar refractivity (Wildman–Crippen MR) is 85.3 cm³/mol. The zero-order valence-corrected chi connectivity index (χ0v) is 13.8. The predicted octanol–water partition coefficient (Wildman–Crippen LogP) is 1.66. The number of nitrogens with one attached hydrogen (secondary N) is 2. The average Bonchev–Trinajstić information content (AvgIpc) is 3.03. The van der Waals surface area contributed by atoms with Crippen molar-refractivity contribution in [1.29, 1.82) is 0 Å². The van der Waals surface area contributed by atoms with Gasteiger partial charge in [0.15, 0.2) is 9.84 Å². The van der Waals surface area contributed by atoms with Gasteiger partial charge in [-0.05, 0) is 36.1 Å². The lowest BCUT2D eigenvalue weighted by Gasteiger charge is -2.14. The van der Waals surface area contributed by atoms with Gasteiger partial charge in [-0.3, -0.25) is 0 Å². The molecule has 0 radical (unpaired) electrons. The van der Waals surface area contributed by atoms with Crippen LogP contribution in [0.1, 0.15) is 18.2 Å². The maximum Gasteiger partial charge on any atom is 0.314 e. The molecule has 0 aliphatic carbocycles. The van der Waals surface area contributed by atoms with E-state index in [1.165, 1.54) is 4.88 Å². The monoisotopic (exact) mass is 330 g/mol. The van der Waals surface area contributed by atoms with Crippen molar-refractivity contribution in [3.63, 3.8) is 0 Å². The summed E-state index contributed by atoms with van der Waals surface area (Å²) in [4.78, 5) is 13.0. The van der Waals surface area contributed by atoms with Gasteiger partial charge in [0.05, 0.1) is 11.5 Å². The Kier molecular flexibility index (Phi) is 5.64. The maximum atomic E-state index is 11.7. The van der Waals surface area contributed by atoms with Crippen LogP contribution in [0, 0.1) is 11.8 Å². The zero-order chi connectivity index (χ0) is 15.3. The number of thiophene rings is 1. The van der Waals surface area contributed by atoms with E-state index in [4.69, 9.17) is 0 Å². The van der Waals surface area contributed by atoms with Gasteiger partial charge < -0.3 is 10.6 Å². The lowest BCUT2D eigenvalue weighted by molar-refractivity contribution is 0.237. The van der Waals surface area contributed by atoms with Gasteiger partial charge in [0.1, 0.15) is 0 Å². The van der Waals surface area contributed by atoms with E-state index in [-0.39, 0.29) is 23.5 Å². The summed E-state index contributed by atoms with van der Waals surface area (Å²) in [6, 6.07) is 3.92. The third-order valence-electron chi connectivity index (χ3n) is 3.62. The Morgan fingerprint density at radius 1 is 1.48 bits per heavy atom. The van der Waals surface area contributed by atoms with Crippen LogP contribution in [0.5, 0.6) is 0 Å². The van der Waals surface area contributed by atoms with Crippen LogP contribution in [0.3, 0.4) is 0 Å². The maximum absolute atomic E-state index is 11.7. The first-order valence-corrected chi connectivity index (χ1v) is 9.89. The Bertz CT molecular complexity index is 555. The van der Waals surface area contributed by atoms with Crippen molar-refractivity contribution in [2.24, 2.45) is 11.8 Å². The average molecular weight is 330 g/mol. The second kappa shape index (κ2) is 7.26. The highest BCUT2D eigenvalue weighted by Crippen LogP contribution is 2.17. The Morgan fingerprint density at radius 3 is 2.90 bits per heavy atom. The van der Waals surface area contributed by atoms with Crippen LogP contribution in [0.15, 0.2) is 17.5 Å². The fourth-order valence-corrected chi connectivity index (χ4v) is 5.18. The molecule has 118 valence electrons. The molecule has 0 saturated carbocycles. The summed E-state index contributed by atoms with van der Waals surface area (Å²) >= 11 is 1.73. The summed E-state index contributed by atoms with van der Waals surface area (Å²) in [7, 11) is -2.87. The third-order valence-corrected chi connectivity index (χ3v) is 6.35. The van der Waals surface area contributed by atoms with E-state index in [2.05, 4.69) is 29.0 Å². The molecule has 21 heavy (non-hydrogen) atoms. The molecule has 1 aromatic heterocycles. The first-order chi connectivity index (χ1) is 9.94. The number of hydrogen-bond donors (Lipinski definition) is 2. The highest BCUT2D eigenvalue weighted by atomic mass is 32.2. The zero-order valence-electron chi connectivity index (χ0n) is 12.2. The fourth-order valence-electron chi connectivity index (χ4n) is 2.44. The molecule has 0 bridgehead atoms. The number of hydrogen-bond acceptors (Lipinski definition) is 4. The Hall–Kier alpha value is -1.08. The van der Waals surface area contributed by atoms with Crippen LogP contribution in [-0.4, -0.2) is 39.0 Å². The van der Waals surface area contributed by atoms with Crippen LogP contribution in [0.4, 0.5) is 4.79 Å². The molecule has 0 unspecified atom stereocenters. The number of rotatable bonds is 6. The van der Waals surface area contributed by atoms with Crippen LogP contribution < -0.4 is 10.6 Å². The van der Waals surface area contributed by atoms with Crippen molar-refractivity contribution in [2.75, 3.05) is 24.6 Å². The normalized spacial score (nSPS) is 21.9. The molecule has 1 aliphatic heterocycles. The molecule has 2 N–H and O–H groups in total. The lowest BCUT2D eigenvalue weighted by Crippen LogP contribution is -2.40. The van der Waals surface area contributed by atoms with Gasteiger partial charge in [-0.1, -0.05) is 13.0 Å². The third kappa shape index (κ3) is 5.67. The van der Waals surface area contributed by atoms with Gasteiger partial charge in [-0.2, -0.15) is 0 Å². The van der Waals surface area contributed by atoms with Gasteiger partial charge in [0, 0.05) is 18.0 Å². The second-order valence-corrected chi connectivity index (χ2v) is 9.01. The SMILES string of the molecule is C[C@@H](CNC(=O)NC[C@@H]1CCS(=O)(=O)C1)Cc1cccs1. The Morgan fingerprint density at radius 2 is 2.29 bits per heavy atom. The standard InChI is InChI=1S/C14H22N2O3S2/c1-11(7-13-3-2-5-20-13)8-15-14(17)16-9-12-4-6-21(18,19)10-12/h2-3,5,11-12H,4,6-10H2,1H3,(H2,15,16,17)/t11-,12+/m1/s1. The molecule has 2 amide bonds. The number of carbonyl (C=O) groups is 1. The van der Waals surface area contributed by atoms with Crippen molar-refractivity contribution >= 4 is 27.2 Å². The molecular formula is C14H22N2O3S2. The minimum absolute atomic E-state index is 0.0595. The van der Waals surface area contributed by atoms with Crippen molar-refractivity contribution in [3.05, 3.63) is 22.4 Å². The van der Waals surface area contributed by atoms with Gasteiger partial charge >= 0.3 is 6.03 Å². The van der Waals surface area contributed by atoms with E-state index in [0.717, 1.165) is 6.42 Å². The fraction of sp³-hybridized carbons (Fsp3) is 0.643. The van der Waals surface area contributed by atoms with Crippen molar-refractivity contribution in [2.45, 2.75) is 19.8 Å². The summed E-state index contributed by atoms with van der Waals surface area (Å²) < 4.78 is 22.6. The smallest absolute Gasteiger partial charge is 0.314 e. The molecule has 0 aromatic carbocycles. The molecular weight excluding hydrogens is 308 g/mol. The molecule has 1 fully saturated rings. The molecule has 2 heterocycles. The van der Waals surface area contributed by atoms with Crippen molar-refractivity contribution in [1.82, 2.24) is 10.6 Å². The molecule has 7 heteroatoms. The largest absolute Gasteiger partial charge is 0.338 e. The molecule has 0 spiro atoms. The van der Waals surface area contributed by atoms with E-state index in [1.54, 1.807) is 11.3 Å². The van der Waals surface area contributed by atoms with Crippen LogP contribution >= 0.6 is 11.3 Å². The molecule has 1 aliphatic rings. The van der Waals surface area contributed by atoms with E-state index in [9.17, 15) is 13.2 Å². The number of sulfone groups is 1. The van der Waals surface area contributed by atoms with Gasteiger partial charge in [0.25, 0.3) is 0 Å². The van der Waals surface area contributed by atoms with E-state index in [1.807, 2.05) is 6.07 Å². The lowest BCUT2D eigenvalue weighted by atomic mass is 10.1. The highest BCUT2D eigenvalue weighted by molar-refractivity contribution is 7.91. The van der Waals surface area contributed by atoms with E-state index < -0.39 is 9.84 Å².